The van der Waals surface area contributed by atoms with Crippen molar-refractivity contribution in [3.8, 4) is 5.75 Å². The van der Waals surface area contributed by atoms with E-state index in [-0.39, 0.29) is 18.1 Å². The average Bonchev–Trinajstić information content (AvgIpc) is 2.40. The van der Waals surface area contributed by atoms with Crippen LogP contribution < -0.4 is 21.1 Å². The van der Waals surface area contributed by atoms with Gasteiger partial charge in [0.15, 0.2) is 0 Å². The van der Waals surface area contributed by atoms with E-state index in [1.165, 1.54) is 0 Å². The molecule has 1 unspecified atom stereocenters. The molecule has 0 radical (unpaired) electrons. The predicted molar refractivity (Wildman–Crippen MR) is 83.0 cm³/mol. The van der Waals surface area contributed by atoms with Crippen molar-refractivity contribution in [2.24, 2.45) is 0 Å². The van der Waals surface area contributed by atoms with Gasteiger partial charge in [-0.05, 0) is 39.3 Å². The normalized spacial score (nSPS) is 12.1. The van der Waals surface area contributed by atoms with Crippen LogP contribution in [0.3, 0.4) is 0 Å². The van der Waals surface area contributed by atoms with E-state index >= 15 is 0 Å². The van der Waals surface area contributed by atoms with Crippen molar-refractivity contribution in [1.29, 1.82) is 0 Å². The quantitative estimate of drug-likeness (QED) is 0.670. The van der Waals surface area contributed by atoms with E-state index in [4.69, 9.17) is 10.5 Å². The summed E-state index contributed by atoms with van der Waals surface area (Å²) in [5.74, 6) is 0.590. The van der Waals surface area contributed by atoms with Gasteiger partial charge in [-0.25, -0.2) is 0 Å². The summed E-state index contributed by atoms with van der Waals surface area (Å²) in [5.41, 5.74) is 7.30. The van der Waals surface area contributed by atoms with Gasteiger partial charge in [0, 0.05) is 6.54 Å². The topological polar surface area (TPSA) is 76.4 Å². The number of anilines is 2. The number of para-hydroxylation sites is 1. The maximum absolute atomic E-state index is 11.8. The van der Waals surface area contributed by atoms with Crippen molar-refractivity contribution in [2.45, 2.75) is 46.3 Å². The Hall–Kier alpha value is -1.91. The number of nitrogens with one attached hydrogen (secondary N) is 2. The van der Waals surface area contributed by atoms with Crippen LogP contribution in [0.1, 0.15) is 34.1 Å². The first-order chi connectivity index (χ1) is 9.45. The number of nitrogens with two attached hydrogens (primary N) is 1. The van der Waals surface area contributed by atoms with Gasteiger partial charge in [-0.15, -0.1) is 0 Å². The fourth-order valence-corrected chi connectivity index (χ4v) is 1.73. The van der Waals surface area contributed by atoms with Gasteiger partial charge in [0.05, 0.1) is 17.5 Å². The standard InChI is InChI=1S/C15H25N3O2/c1-5-9-17-15(19)11(4)18-12-7-6-8-13(14(12)16)20-10(2)3/h6-8,10-11,18H,5,9,16H2,1-4H3,(H,17,19). The van der Waals surface area contributed by atoms with Crippen molar-refractivity contribution in [3.05, 3.63) is 18.2 Å². The third-order valence-corrected chi connectivity index (χ3v) is 2.74. The van der Waals surface area contributed by atoms with Gasteiger partial charge in [-0.3, -0.25) is 4.79 Å². The lowest BCUT2D eigenvalue weighted by atomic mass is 10.2. The monoisotopic (exact) mass is 279 g/mol. The summed E-state index contributed by atoms with van der Waals surface area (Å²) in [4.78, 5) is 11.8. The van der Waals surface area contributed by atoms with Crippen LogP contribution >= 0.6 is 0 Å². The summed E-state index contributed by atoms with van der Waals surface area (Å²) in [6.07, 6.45) is 0.969. The number of ether oxygens (including phenoxy) is 1. The smallest absolute Gasteiger partial charge is 0.242 e. The van der Waals surface area contributed by atoms with Crippen LogP contribution in [-0.4, -0.2) is 24.6 Å². The van der Waals surface area contributed by atoms with Crippen LogP contribution in [0.25, 0.3) is 0 Å². The second-order valence-corrected chi connectivity index (χ2v) is 5.04. The molecule has 112 valence electrons. The molecule has 0 aliphatic heterocycles. The lowest BCUT2D eigenvalue weighted by molar-refractivity contribution is -0.121. The Balaban J connectivity index is 2.74. The van der Waals surface area contributed by atoms with Gasteiger partial charge in [0.1, 0.15) is 11.8 Å². The summed E-state index contributed by atoms with van der Waals surface area (Å²) < 4.78 is 5.63. The molecule has 0 aromatic heterocycles. The number of benzene rings is 1. The molecule has 0 fully saturated rings. The maximum Gasteiger partial charge on any atom is 0.242 e. The van der Waals surface area contributed by atoms with Crippen molar-refractivity contribution < 1.29 is 9.53 Å². The van der Waals surface area contributed by atoms with E-state index in [9.17, 15) is 4.79 Å². The van der Waals surface area contributed by atoms with Crippen LogP contribution in [0.2, 0.25) is 0 Å². The average molecular weight is 279 g/mol. The number of hydrogen-bond donors (Lipinski definition) is 3. The van der Waals surface area contributed by atoms with Gasteiger partial charge in [0.2, 0.25) is 5.91 Å². The zero-order chi connectivity index (χ0) is 15.1. The number of hydrogen-bond acceptors (Lipinski definition) is 4. The van der Waals surface area contributed by atoms with Crippen molar-refractivity contribution in [3.63, 3.8) is 0 Å². The molecule has 0 aliphatic carbocycles. The fourth-order valence-electron chi connectivity index (χ4n) is 1.73. The first kappa shape index (κ1) is 16.1. The molecule has 1 atom stereocenters. The minimum absolute atomic E-state index is 0.0403. The first-order valence-electron chi connectivity index (χ1n) is 7.05. The molecule has 0 spiro atoms. The lowest BCUT2D eigenvalue weighted by Gasteiger charge is -2.19. The molecule has 4 N–H and O–H groups in total. The highest BCUT2D eigenvalue weighted by atomic mass is 16.5. The Bertz CT molecular complexity index is 447. The minimum Gasteiger partial charge on any atom is -0.489 e. The van der Waals surface area contributed by atoms with Crippen LogP contribution in [0.4, 0.5) is 11.4 Å². The number of carbonyl (C=O) groups excluding carboxylic acids is 1. The van der Waals surface area contributed by atoms with Crippen LogP contribution in [-0.2, 0) is 4.79 Å². The van der Waals surface area contributed by atoms with Gasteiger partial charge in [0.25, 0.3) is 0 Å². The number of amides is 1. The number of nitrogen functional groups attached to an aromatic ring is 1. The van der Waals surface area contributed by atoms with Gasteiger partial charge in [-0.1, -0.05) is 13.0 Å². The summed E-state index contributed by atoms with van der Waals surface area (Å²) in [7, 11) is 0. The summed E-state index contributed by atoms with van der Waals surface area (Å²) in [5, 5.41) is 5.96. The Morgan fingerprint density at radius 3 is 2.65 bits per heavy atom. The number of carbonyl (C=O) groups is 1. The molecule has 1 rings (SSSR count). The van der Waals surface area contributed by atoms with E-state index in [0.29, 0.717) is 23.7 Å². The van der Waals surface area contributed by atoms with E-state index < -0.39 is 0 Å². The van der Waals surface area contributed by atoms with E-state index in [1.54, 1.807) is 6.92 Å². The predicted octanol–water partition coefficient (Wildman–Crippen LogP) is 2.38. The highest BCUT2D eigenvalue weighted by Gasteiger charge is 2.14. The molecule has 0 saturated carbocycles. The third kappa shape index (κ3) is 4.64. The molecule has 1 aromatic carbocycles. The minimum atomic E-state index is -0.349. The van der Waals surface area contributed by atoms with Crippen LogP contribution in [0.5, 0.6) is 5.75 Å². The summed E-state index contributed by atoms with van der Waals surface area (Å²) in [6.45, 7) is 8.39. The second kappa shape index (κ2) is 7.62. The molecule has 5 heteroatoms. The molecule has 0 heterocycles. The number of rotatable bonds is 7. The summed E-state index contributed by atoms with van der Waals surface area (Å²) >= 11 is 0. The molecule has 1 aromatic rings. The second-order valence-electron chi connectivity index (χ2n) is 5.04. The Morgan fingerprint density at radius 1 is 1.35 bits per heavy atom. The van der Waals surface area contributed by atoms with Crippen LogP contribution in [0.15, 0.2) is 18.2 Å². The SMILES string of the molecule is CCCNC(=O)C(C)Nc1cccc(OC(C)C)c1N. The van der Waals surface area contributed by atoms with Crippen LogP contribution in [0, 0.1) is 0 Å². The molecule has 1 amide bonds. The van der Waals surface area contributed by atoms with Gasteiger partial charge >= 0.3 is 0 Å². The van der Waals surface area contributed by atoms with E-state index in [0.717, 1.165) is 6.42 Å². The molecule has 20 heavy (non-hydrogen) atoms. The zero-order valence-electron chi connectivity index (χ0n) is 12.7. The molecule has 0 saturated heterocycles. The Kier molecular flexibility index (Phi) is 6.15. The molecule has 5 nitrogen and oxygen atoms in total. The van der Waals surface area contributed by atoms with E-state index in [1.807, 2.05) is 39.0 Å². The van der Waals surface area contributed by atoms with E-state index in [2.05, 4.69) is 10.6 Å². The lowest BCUT2D eigenvalue weighted by Crippen LogP contribution is -2.38. The third-order valence-electron chi connectivity index (χ3n) is 2.74. The van der Waals surface area contributed by atoms with Crippen molar-refractivity contribution in [1.82, 2.24) is 5.32 Å². The Morgan fingerprint density at radius 2 is 2.05 bits per heavy atom. The highest BCUT2D eigenvalue weighted by Crippen LogP contribution is 2.30. The zero-order valence-corrected chi connectivity index (χ0v) is 12.7. The van der Waals surface area contributed by atoms with Crippen molar-refractivity contribution in [2.75, 3.05) is 17.6 Å². The molecular weight excluding hydrogens is 254 g/mol. The fraction of sp³-hybridized carbons (Fsp3) is 0.533. The van der Waals surface area contributed by atoms with Gasteiger partial charge < -0.3 is 21.1 Å². The molecule has 0 bridgehead atoms. The largest absolute Gasteiger partial charge is 0.489 e. The maximum atomic E-state index is 11.8. The summed E-state index contributed by atoms with van der Waals surface area (Å²) in [6, 6.07) is 5.17. The molecular formula is C15H25N3O2. The highest BCUT2D eigenvalue weighted by molar-refractivity contribution is 5.86. The molecule has 0 aliphatic rings. The van der Waals surface area contributed by atoms with Gasteiger partial charge in [-0.2, -0.15) is 0 Å². The Labute approximate surface area is 120 Å². The first-order valence-corrected chi connectivity index (χ1v) is 7.05. The van der Waals surface area contributed by atoms with Crippen molar-refractivity contribution >= 4 is 17.3 Å².